The Hall–Kier alpha value is -3.22. The maximum absolute atomic E-state index is 13.4. The van der Waals surface area contributed by atoms with Crippen LogP contribution in [0.5, 0.6) is 5.75 Å². The molecule has 10 nitrogen and oxygen atoms in total. The van der Waals surface area contributed by atoms with Gasteiger partial charge < -0.3 is 25.4 Å². The van der Waals surface area contributed by atoms with Crippen molar-refractivity contribution in [2.45, 2.75) is 75.5 Å². The van der Waals surface area contributed by atoms with Crippen molar-refractivity contribution in [3.63, 3.8) is 0 Å². The monoisotopic (exact) mass is 604 g/mol. The number of amides is 3. The number of hydrogen-bond donors (Lipinski definition) is 3. The van der Waals surface area contributed by atoms with Crippen molar-refractivity contribution < 1.29 is 32.2 Å². The minimum Gasteiger partial charge on any atom is -0.488 e. The Morgan fingerprint density at radius 2 is 1.86 bits per heavy atom. The highest BCUT2D eigenvalue weighted by atomic mass is 32.2. The summed E-state index contributed by atoms with van der Waals surface area (Å²) in [5, 5.41) is 15.7. The van der Waals surface area contributed by atoms with Gasteiger partial charge in [-0.15, -0.1) is 0 Å². The second kappa shape index (κ2) is 13.8. The Kier molecular flexibility index (Phi) is 10.4. The summed E-state index contributed by atoms with van der Waals surface area (Å²) in [6.07, 6.45) is 4.56. The van der Waals surface area contributed by atoms with E-state index < -0.39 is 28.0 Å². The SMILES string of the molecule is C[C@@H]1CN([C@H](C)CO)C(=O)Cc2cc(NC(=O)NC3CCCCC3)ccc2O[C@H]1CN(C)S(=O)(=O)c1ccc(F)cc1. The number of carbonyl (C=O) groups is 2. The Morgan fingerprint density at radius 3 is 2.52 bits per heavy atom. The first-order valence-electron chi connectivity index (χ1n) is 14.5. The van der Waals surface area contributed by atoms with Crippen molar-refractivity contribution >= 4 is 27.6 Å². The molecule has 230 valence electrons. The molecule has 0 bridgehead atoms. The second-order valence-electron chi connectivity index (χ2n) is 11.4. The number of nitrogens with zero attached hydrogens (tertiary/aromatic N) is 2. The Labute approximate surface area is 247 Å². The summed E-state index contributed by atoms with van der Waals surface area (Å²) in [5.74, 6) is -0.669. The third kappa shape index (κ3) is 7.78. The molecule has 2 aliphatic rings. The molecule has 0 aromatic heterocycles. The van der Waals surface area contributed by atoms with Gasteiger partial charge in [-0.3, -0.25) is 4.79 Å². The van der Waals surface area contributed by atoms with Gasteiger partial charge in [0.2, 0.25) is 15.9 Å². The van der Waals surface area contributed by atoms with Crippen LogP contribution in [0.4, 0.5) is 14.9 Å². The van der Waals surface area contributed by atoms with Crippen LogP contribution in [0.1, 0.15) is 51.5 Å². The number of anilines is 1. The van der Waals surface area contributed by atoms with Crippen molar-refractivity contribution in [1.82, 2.24) is 14.5 Å². The summed E-state index contributed by atoms with van der Waals surface area (Å²) in [7, 11) is -2.52. The lowest BCUT2D eigenvalue weighted by atomic mass is 9.96. The third-order valence-corrected chi connectivity index (χ3v) is 9.91. The Morgan fingerprint density at radius 1 is 1.17 bits per heavy atom. The number of urea groups is 1. The smallest absolute Gasteiger partial charge is 0.319 e. The highest BCUT2D eigenvalue weighted by molar-refractivity contribution is 7.89. The van der Waals surface area contributed by atoms with Gasteiger partial charge in [0.15, 0.2) is 0 Å². The second-order valence-corrected chi connectivity index (χ2v) is 13.4. The van der Waals surface area contributed by atoms with Gasteiger partial charge in [0.05, 0.1) is 30.5 Å². The molecule has 1 aliphatic heterocycles. The average Bonchev–Trinajstić information content (AvgIpc) is 3.00. The summed E-state index contributed by atoms with van der Waals surface area (Å²) in [4.78, 5) is 27.7. The quantitative estimate of drug-likeness (QED) is 0.421. The fourth-order valence-corrected chi connectivity index (χ4v) is 6.65. The number of hydrogen-bond acceptors (Lipinski definition) is 6. The Balaban J connectivity index is 1.59. The zero-order chi connectivity index (χ0) is 30.4. The highest BCUT2D eigenvalue weighted by Crippen LogP contribution is 2.30. The van der Waals surface area contributed by atoms with Crippen LogP contribution in [-0.2, 0) is 21.2 Å². The summed E-state index contributed by atoms with van der Waals surface area (Å²) in [6, 6.07) is 9.04. The number of nitrogens with one attached hydrogen (secondary N) is 2. The van der Waals surface area contributed by atoms with Gasteiger partial charge >= 0.3 is 6.03 Å². The van der Waals surface area contributed by atoms with Crippen LogP contribution in [0.25, 0.3) is 0 Å². The number of halogens is 1. The zero-order valence-electron chi connectivity index (χ0n) is 24.4. The number of fused-ring (bicyclic) bond motifs is 1. The normalized spacial score (nSPS) is 21.0. The first-order chi connectivity index (χ1) is 20.0. The van der Waals surface area contributed by atoms with Crippen molar-refractivity contribution in [3.05, 3.63) is 53.8 Å². The van der Waals surface area contributed by atoms with E-state index in [-0.39, 0.29) is 54.9 Å². The van der Waals surface area contributed by atoms with E-state index in [1.165, 1.54) is 25.6 Å². The lowest BCUT2D eigenvalue weighted by Crippen LogP contribution is -2.48. The number of ether oxygens (including phenoxy) is 1. The topological polar surface area (TPSA) is 128 Å². The van der Waals surface area contributed by atoms with Crippen molar-refractivity contribution in [2.75, 3.05) is 32.1 Å². The van der Waals surface area contributed by atoms with Crippen LogP contribution >= 0.6 is 0 Å². The molecule has 0 saturated heterocycles. The molecule has 1 aliphatic carbocycles. The molecule has 2 aromatic rings. The van der Waals surface area contributed by atoms with E-state index in [2.05, 4.69) is 10.6 Å². The first kappa shape index (κ1) is 31.7. The number of likely N-dealkylation sites (N-methyl/N-ethyl adjacent to an activating group) is 1. The molecular formula is C30H41FN4O6S. The van der Waals surface area contributed by atoms with Gasteiger partial charge in [-0.1, -0.05) is 26.2 Å². The highest BCUT2D eigenvalue weighted by Gasteiger charge is 2.33. The minimum absolute atomic E-state index is 0.0252. The average molecular weight is 605 g/mol. The minimum atomic E-state index is -3.95. The first-order valence-corrected chi connectivity index (χ1v) is 15.9. The number of sulfonamides is 1. The van der Waals surface area contributed by atoms with E-state index in [0.717, 1.165) is 42.1 Å². The van der Waals surface area contributed by atoms with Crippen molar-refractivity contribution in [2.24, 2.45) is 5.92 Å². The summed E-state index contributed by atoms with van der Waals surface area (Å²) < 4.78 is 47.5. The van der Waals surface area contributed by atoms with Crippen LogP contribution < -0.4 is 15.4 Å². The molecule has 2 aromatic carbocycles. The fourth-order valence-electron chi connectivity index (χ4n) is 5.46. The van der Waals surface area contributed by atoms with Gasteiger partial charge in [0, 0.05) is 36.8 Å². The van der Waals surface area contributed by atoms with Crippen LogP contribution in [-0.4, -0.2) is 79.6 Å². The summed E-state index contributed by atoms with van der Waals surface area (Å²) >= 11 is 0. The van der Waals surface area contributed by atoms with Crippen molar-refractivity contribution in [1.29, 1.82) is 0 Å². The molecule has 1 saturated carbocycles. The molecule has 1 fully saturated rings. The van der Waals surface area contributed by atoms with Crippen molar-refractivity contribution in [3.8, 4) is 5.75 Å². The molecule has 1 heterocycles. The molecule has 0 spiro atoms. The number of aliphatic hydroxyl groups excluding tert-OH is 1. The lowest BCUT2D eigenvalue weighted by Gasteiger charge is -2.33. The van der Waals surface area contributed by atoms with Crippen LogP contribution in [0.3, 0.4) is 0 Å². The predicted molar refractivity (Wildman–Crippen MR) is 157 cm³/mol. The van der Waals surface area contributed by atoms with Crippen LogP contribution in [0.2, 0.25) is 0 Å². The fraction of sp³-hybridized carbons (Fsp3) is 0.533. The van der Waals surface area contributed by atoms with Crippen LogP contribution in [0.15, 0.2) is 47.4 Å². The molecule has 0 unspecified atom stereocenters. The van der Waals surface area contributed by atoms with E-state index >= 15 is 0 Å². The zero-order valence-corrected chi connectivity index (χ0v) is 25.2. The maximum atomic E-state index is 13.4. The van der Waals surface area contributed by atoms with Gasteiger partial charge in [0.25, 0.3) is 0 Å². The third-order valence-electron chi connectivity index (χ3n) is 8.07. The molecule has 4 rings (SSSR count). The maximum Gasteiger partial charge on any atom is 0.319 e. The van der Waals surface area contributed by atoms with Gasteiger partial charge in [0.1, 0.15) is 17.7 Å². The number of rotatable bonds is 8. The summed E-state index contributed by atoms with van der Waals surface area (Å²) in [5.41, 5.74) is 1.04. The Bertz CT molecular complexity index is 1350. The van der Waals surface area contributed by atoms with Gasteiger partial charge in [-0.25, -0.2) is 17.6 Å². The molecule has 0 radical (unpaired) electrons. The van der Waals surface area contributed by atoms with E-state index in [1.54, 1.807) is 30.0 Å². The van der Waals surface area contributed by atoms with Gasteiger partial charge in [-0.2, -0.15) is 4.31 Å². The molecular weight excluding hydrogens is 563 g/mol. The number of carbonyl (C=O) groups excluding carboxylic acids is 2. The van der Waals surface area contributed by atoms with E-state index in [0.29, 0.717) is 17.0 Å². The van der Waals surface area contributed by atoms with E-state index in [1.807, 2.05) is 6.92 Å². The van der Waals surface area contributed by atoms with Gasteiger partial charge in [-0.05, 0) is 62.2 Å². The van der Waals surface area contributed by atoms with E-state index in [4.69, 9.17) is 4.74 Å². The number of aliphatic hydroxyl groups is 1. The molecule has 3 N–H and O–H groups in total. The largest absolute Gasteiger partial charge is 0.488 e. The number of benzene rings is 2. The molecule has 3 atom stereocenters. The van der Waals surface area contributed by atoms with Crippen LogP contribution in [0, 0.1) is 11.7 Å². The molecule has 3 amide bonds. The summed E-state index contributed by atoms with van der Waals surface area (Å²) in [6.45, 7) is 3.57. The molecule has 12 heteroatoms. The lowest BCUT2D eigenvalue weighted by molar-refractivity contribution is -0.134. The predicted octanol–water partition coefficient (Wildman–Crippen LogP) is 3.75. The standard InChI is InChI=1S/C30H41FN4O6S/c1-20-17-35(21(2)19-36)29(37)16-22-15-25(33-30(38)32-24-7-5-4-6-8-24)11-14-27(22)41-28(20)18-34(3)42(39,40)26-12-9-23(31)10-13-26/h9-15,20-21,24,28,36H,4-8,16-19H2,1-3H3,(H2,32,33,38)/t20-,21-,28+/m1/s1. The molecule has 42 heavy (non-hydrogen) atoms. The van der Waals surface area contributed by atoms with E-state index in [9.17, 15) is 27.5 Å².